The number of amides is 1. The lowest BCUT2D eigenvalue weighted by atomic mass is 10.1. The van der Waals surface area contributed by atoms with Gasteiger partial charge in [-0.25, -0.2) is 18.0 Å². The number of halogens is 6. The van der Waals surface area contributed by atoms with Gasteiger partial charge in [0.15, 0.2) is 0 Å². The largest absolute Gasteiger partial charge is 0.489 e. The average Bonchev–Trinajstić information content (AvgIpc) is 2.82. The molecule has 0 spiro atoms. The number of sulfonamides is 1. The molecule has 3 rings (SSSR count). The van der Waals surface area contributed by atoms with E-state index in [1.165, 1.54) is 19.1 Å². The second-order valence-corrected chi connectivity index (χ2v) is 10.5. The molecule has 2 aromatic rings. The summed E-state index contributed by atoms with van der Waals surface area (Å²) in [4.78, 5) is 20.8. The number of anilines is 2. The van der Waals surface area contributed by atoms with Crippen molar-refractivity contribution in [3.63, 3.8) is 0 Å². The molecule has 0 fully saturated rings. The Balaban J connectivity index is 0.000000840. The molecule has 10 nitrogen and oxygen atoms in total. The fraction of sp³-hybridized carbons (Fsp3) is 0.391. The Bertz CT molecular complexity index is 1340. The normalized spacial score (nSPS) is 14.6. The number of alkyl halides is 6. The molecule has 0 saturated carbocycles. The first-order valence-corrected chi connectivity index (χ1v) is 12.6. The lowest BCUT2D eigenvalue weighted by Gasteiger charge is -2.31. The van der Waals surface area contributed by atoms with Crippen LogP contribution < -0.4 is 14.4 Å². The van der Waals surface area contributed by atoms with E-state index in [4.69, 9.17) is 14.9 Å². The van der Waals surface area contributed by atoms with Crippen LogP contribution in [0.25, 0.3) is 0 Å². The number of fused-ring (bicyclic) bond motifs is 1. The highest BCUT2D eigenvalue weighted by Crippen LogP contribution is 2.39. The number of benzene rings is 2. The highest BCUT2D eigenvalue weighted by Gasteiger charge is 2.51. The third-order valence-electron chi connectivity index (χ3n) is 5.16. The van der Waals surface area contributed by atoms with Gasteiger partial charge in [0, 0.05) is 5.69 Å². The summed E-state index contributed by atoms with van der Waals surface area (Å²) in [6, 6.07) is 6.76. The molecule has 1 aliphatic rings. The van der Waals surface area contributed by atoms with Crippen LogP contribution in [-0.4, -0.2) is 61.7 Å². The molecule has 3 N–H and O–H groups in total. The maximum Gasteiger partial charge on any atom is 0.427 e. The van der Waals surface area contributed by atoms with Crippen LogP contribution in [0.15, 0.2) is 47.4 Å². The van der Waals surface area contributed by atoms with Crippen molar-refractivity contribution in [2.45, 2.75) is 49.7 Å². The number of nitrogens with zero attached hydrogens (tertiary/aromatic N) is 1. The Kier molecular flexibility index (Phi) is 9.58. The molecular formula is C23H24F6N2O8S. The van der Waals surface area contributed by atoms with Crippen molar-refractivity contribution in [2.24, 2.45) is 0 Å². The van der Waals surface area contributed by atoms with Crippen molar-refractivity contribution in [1.82, 2.24) is 0 Å². The molecule has 0 saturated heterocycles. The number of carbonyl (C=O) groups is 2. The SMILES string of the molecule is CC(C)(OC(=O)Nc1ccc2c(c1)N(S(=O)(=O)c1cccc(C(F)(F)F)c1)CCO2)C(F)(F)F.CC(O)C(=O)O. The van der Waals surface area contributed by atoms with E-state index in [1.807, 2.05) is 0 Å². The standard InChI is InChI=1S/C20H18F6N2O5S.C3H6O3/c1-18(2,20(24,25)26)33-17(29)27-13-6-7-16-15(11-13)28(8-9-32-16)34(30,31)14-5-3-4-12(10-14)19(21,22)23;1-2(4)3(5)6/h3-7,10-11H,8-9H2,1-2H3,(H,27,29);2,4H,1H3,(H,5,6). The van der Waals surface area contributed by atoms with Crippen molar-refractivity contribution in [1.29, 1.82) is 0 Å². The van der Waals surface area contributed by atoms with E-state index in [2.05, 4.69) is 10.1 Å². The van der Waals surface area contributed by atoms with Crippen molar-refractivity contribution in [3.8, 4) is 5.75 Å². The van der Waals surface area contributed by atoms with Gasteiger partial charge in [0.1, 0.15) is 18.5 Å². The number of carbonyl (C=O) groups excluding carboxylic acids is 1. The van der Waals surface area contributed by atoms with Crippen LogP contribution >= 0.6 is 0 Å². The molecule has 0 radical (unpaired) electrons. The number of hydrogen-bond donors (Lipinski definition) is 3. The molecule has 1 heterocycles. The minimum Gasteiger partial charge on any atom is -0.489 e. The van der Waals surface area contributed by atoms with Gasteiger partial charge < -0.3 is 19.7 Å². The highest BCUT2D eigenvalue weighted by molar-refractivity contribution is 7.92. The summed E-state index contributed by atoms with van der Waals surface area (Å²) in [7, 11) is -4.49. The van der Waals surface area contributed by atoms with E-state index < -0.39 is 56.6 Å². The number of aliphatic carboxylic acids is 1. The van der Waals surface area contributed by atoms with E-state index in [9.17, 15) is 44.3 Å². The van der Waals surface area contributed by atoms with Crippen LogP contribution in [0.4, 0.5) is 42.5 Å². The van der Waals surface area contributed by atoms with Crippen molar-refractivity contribution in [2.75, 3.05) is 22.8 Å². The maximum absolute atomic E-state index is 13.1. The molecule has 1 atom stereocenters. The van der Waals surface area contributed by atoms with Crippen molar-refractivity contribution >= 4 is 33.5 Å². The van der Waals surface area contributed by atoms with Gasteiger partial charge in [0.25, 0.3) is 10.0 Å². The van der Waals surface area contributed by atoms with Gasteiger partial charge in [-0.15, -0.1) is 0 Å². The summed E-state index contributed by atoms with van der Waals surface area (Å²) in [5, 5.41) is 17.8. The van der Waals surface area contributed by atoms with E-state index >= 15 is 0 Å². The van der Waals surface area contributed by atoms with Crippen LogP contribution in [0, 0.1) is 0 Å². The summed E-state index contributed by atoms with van der Waals surface area (Å²) < 4.78 is 115. The summed E-state index contributed by atoms with van der Waals surface area (Å²) in [5.41, 5.74) is -4.21. The molecule has 0 aromatic heterocycles. The summed E-state index contributed by atoms with van der Waals surface area (Å²) in [6.45, 7) is 2.12. The van der Waals surface area contributed by atoms with Crippen molar-refractivity contribution in [3.05, 3.63) is 48.0 Å². The fourth-order valence-electron chi connectivity index (χ4n) is 2.91. The number of ether oxygens (including phenoxy) is 2. The Labute approximate surface area is 224 Å². The van der Waals surface area contributed by atoms with Gasteiger partial charge in [0.05, 0.1) is 22.7 Å². The van der Waals surface area contributed by atoms with Crippen LogP contribution in [0.1, 0.15) is 26.3 Å². The Morgan fingerprint density at radius 3 is 2.20 bits per heavy atom. The molecule has 1 aliphatic heterocycles. The zero-order valence-corrected chi connectivity index (χ0v) is 21.8. The average molecular weight is 603 g/mol. The predicted octanol–water partition coefficient (Wildman–Crippen LogP) is 4.63. The fourth-order valence-corrected chi connectivity index (χ4v) is 4.41. The minimum atomic E-state index is -4.84. The number of nitrogens with one attached hydrogen (secondary N) is 1. The first-order valence-electron chi connectivity index (χ1n) is 11.1. The third-order valence-corrected chi connectivity index (χ3v) is 6.97. The second-order valence-electron chi connectivity index (χ2n) is 8.67. The Hall–Kier alpha value is -3.73. The number of carboxylic acid groups (broad SMARTS) is 1. The highest BCUT2D eigenvalue weighted by atomic mass is 32.2. The Morgan fingerprint density at radius 2 is 1.68 bits per heavy atom. The molecule has 1 amide bonds. The summed E-state index contributed by atoms with van der Waals surface area (Å²) in [5.74, 6) is -1.15. The number of rotatable bonds is 5. The summed E-state index contributed by atoms with van der Waals surface area (Å²) in [6.07, 6.45) is -12.3. The number of carboxylic acids is 1. The monoisotopic (exact) mass is 602 g/mol. The lowest BCUT2D eigenvalue weighted by Crippen LogP contribution is -2.44. The van der Waals surface area contributed by atoms with Gasteiger partial charge in [-0.05, 0) is 57.2 Å². The number of aliphatic hydroxyl groups is 1. The molecule has 2 aromatic carbocycles. The van der Waals surface area contributed by atoms with E-state index in [0.29, 0.717) is 19.9 Å². The maximum atomic E-state index is 13.1. The Morgan fingerprint density at radius 1 is 1.07 bits per heavy atom. The third kappa shape index (κ3) is 7.91. The van der Waals surface area contributed by atoms with Crippen LogP contribution in [0.2, 0.25) is 0 Å². The molecule has 0 aliphatic carbocycles. The molecular weight excluding hydrogens is 578 g/mol. The predicted molar refractivity (Wildman–Crippen MR) is 127 cm³/mol. The smallest absolute Gasteiger partial charge is 0.427 e. The van der Waals surface area contributed by atoms with Crippen LogP contribution in [0.3, 0.4) is 0 Å². The molecule has 222 valence electrons. The quantitative estimate of drug-likeness (QED) is 0.421. The zero-order valence-electron chi connectivity index (χ0n) is 21.0. The van der Waals surface area contributed by atoms with Crippen LogP contribution in [-0.2, 0) is 25.7 Å². The minimum absolute atomic E-state index is 0.0383. The van der Waals surface area contributed by atoms with E-state index in [-0.39, 0.29) is 30.3 Å². The van der Waals surface area contributed by atoms with Gasteiger partial charge in [-0.1, -0.05) is 6.07 Å². The van der Waals surface area contributed by atoms with Gasteiger partial charge in [-0.2, -0.15) is 26.3 Å². The molecule has 17 heteroatoms. The zero-order chi connectivity index (χ0) is 30.7. The first kappa shape index (κ1) is 32.5. The number of aliphatic hydroxyl groups excluding tert-OH is 1. The van der Waals surface area contributed by atoms with Gasteiger partial charge in [-0.3, -0.25) is 9.62 Å². The lowest BCUT2D eigenvalue weighted by molar-refractivity contribution is -0.242. The van der Waals surface area contributed by atoms with Crippen LogP contribution in [0.5, 0.6) is 5.75 Å². The second kappa shape index (κ2) is 11.8. The van der Waals surface area contributed by atoms with Crippen molar-refractivity contribution < 1.29 is 64.0 Å². The number of hydrogen-bond acceptors (Lipinski definition) is 7. The van der Waals surface area contributed by atoms with E-state index in [1.54, 1.807) is 0 Å². The summed E-state index contributed by atoms with van der Waals surface area (Å²) >= 11 is 0. The molecule has 1 unspecified atom stereocenters. The van der Waals surface area contributed by atoms with Gasteiger partial charge >= 0.3 is 24.4 Å². The first-order chi connectivity index (χ1) is 18.2. The van der Waals surface area contributed by atoms with E-state index in [0.717, 1.165) is 28.6 Å². The molecule has 40 heavy (non-hydrogen) atoms. The topological polar surface area (TPSA) is 142 Å². The van der Waals surface area contributed by atoms with Gasteiger partial charge in [0.2, 0.25) is 5.60 Å². The molecule has 0 bridgehead atoms.